The Bertz CT molecular complexity index is 347. The van der Waals surface area contributed by atoms with Gasteiger partial charge in [0, 0.05) is 17.8 Å². The molecule has 2 heteroatoms. The molecule has 0 amide bonds. The maximum absolute atomic E-state index is 9.82. The van der Waals surface area contributed by atoms with Crippen molar-refractivity contribution in [2.75, 3.05) is 11.9 Å². The molecule has 0 saturated heterocycles. The van der Waals surface area contributed by atoms with Crippen LogP contribution in [0.1, 0.15) is 37.8 Å². The van der Waals surface area contributed by atoms with E-state index in [9.17, 15) is 5.11 Å². The summed E-state index contributed by atoms with van der Waals surface area (Å²) in [6.07, 6.45) is 2.46. The summed E-state index contributed by atoms with van der Waals surface area (Å²) in [5.74, 6) is 1.08. The Labute approximate surface area is 98.7 Å². The fourth-order valence-electron chi connectivity index (χ4n) is 1.91. The van der Waals surface area contributed by atoms with E-state index in [1.54, 1.807) is 0 Å². The standard InChI is InChI=1S/C14H23NO/c1-5-6-10(2)9-15-13-8-7-11(3)14(16)12(13)4/h7-8,10,15-16H,5-6,9H2,1-4H3. The number of aryl methyl sites for hydroxylation is 1. The third-order valence-electron chi connectivity index (χ3n) is 3.06. The minimum atomic E-state index is 0.410. The third-order valence-corrected chi connectivity index (χ3v) is 3.06. The van der Waals surface area contributed by atoms with E-state index in [0.29, 0.717) is 11.7 Å². The van der Waals surface area contributed by atoms with Crippen molar-refractivity contribution >= 4 is 5.69 Å². The lowest BCUT2D eigenvalue weighted by Gasteiger charge is -2.15. The number of aromatic hydroxyl groups is 1. The van der Waals surface area contributed by atoms with Gasteiger partial charge in [0.1, 0.15) is 5.75 Å². The third kappa shape index (κ3) is 3.16. The van der Waals surface area contributed by atoms with E-state index in [1.165, 1.54) is 12.8 Å². The number of nitrogens with one attached hydrogen (secondary N) is 1. The zero-order chi connectivity index (χ0) is 12.1. The fraction of sp³-hybridized carbons (Fsp3) is 0.571. The van der Waals surface area contributed by atoms with Crippen molar-refractivity contribution in [1.29, 1.82) is 0 Å². The number of phenols is 1. The van der Waals surface area contributed by atoms with Crippen LogP contribution in [-0.4, -0.2) is 11.7 Å². The smallest absolute Gasteiger partial charge is 0.123 e. The van der Waals surface area contributed by atoms with Gasteiger partial charge in [-0.15, -0.1) is 0 Å². The summed E-state index contributed by atoms with van der Waals surface area (Å²) < 4.78 is 0. The van der Waals surface area contributed by atoms with Gasteiger partial charge < -0.3 is 10.4 Å². The van der Waals surface area contributed by atoms with E-state index in [4.69, 9.17) is 0 Å². The van der Waals surface area contributed by atoms with Gasteiger partial charge in [0.2, 0.25) is 0 Å². The zero-order valence-electron chi connectivity index (χ0n) is 10.8. The molecule has 1 unspecified atom stereocenters. The number of phenolic OH excluding ortho intramolecular Hbond substituents is 1. The summed E-state index contributed by atoms with van der Waals surface area (Å²) in [6.45, 7) is 9.30. The van der Waals surface area contributed by atoms with Crippen LogP contribution in [0, 0.1) is 19.8 Å². The molecule has 0 bridgehead atoms. The van der Waals surface area contributed by atoms with Crippen molar-refractivity contribution in [3.63, 3.8) is 0 Å². The van der Waals surface area contributed by atoms with Crippen LogP contribution in [0.15, 0.2) is 12.1 Å². The van der Waals surface area contributed by atoms with E-state index < -0.39 is 0 Å². The first kappa shape index (κ1) is 12.9. The van der Waals surface area contributed by atoms with Gasteiger partial charge in [0.15, 0.2) is 0 Å². The number of anilines is 1. The Kier molecular flexibility index (Phi) is 4.66. The molecule has 0 saturated carbocycles. The lowest BCUT2D eigenvalue weighted by molar-refractivity contribution is 0.467. The average molecular weight is 221 g/mol. The van der Waals surface area contributed by atoms with Crippen LogP contribution in [0.2, 0.25) is 0 Å². The lowest BCUT2D eigenvalue weighted by atomic mass is 10.1. The molecule has 90 valence electrons. The second-order valence-electron chi connectivity index (χ2n) is 4.68. The fourth-order valence-corrected chi connectivity index (χ4v) is 1.91. The molecule has 0 radical (unpaired) electrons. The number of rotatable bonds is 5. The molecule has 1 atom stereocenters. The van der Waals surface area contributed by atoms with Crippen LogP contribution in [-0.2, 0) is 0 Å². The second-order valence-corrected chi connectivity index (χ2v) is 4.68. The monoisotopic (exact) mass is 221 g/mol. The molecule has 1 aromatic rings. The van der Waals surface area contributed by atoms with Crippen molar-refractivity contribution < 1.29 is 5.11 Å². The molecular formula is C14H23NO. The molecule has 0 spiro atoms. The van der Waals surface area contributed by atoms with E-state index in [0.717, 1.165) is 23.4 Å². The topological polar surface area (TPSA) is 32.3 Å². The van der Waals surface area contributed by atoms with Gasteiger partial charge in [-0.05, 0) is 37.8 Å². The van der Waals surface area contributed by atoms with Gasteiger partial charge in [0.25, 0.3) is 0 Å². The Morgan fingerprint density at radius 2 is 2.00 bits per heavy atom. The second kappa shape index (κ2) is 5.78. The first-order chi connectivity index (χ1) is 7.56. The van der Waals surface area contributed by atoms with Crippen LogP contribution in [0.25, 0.3) is 0 Å². The zero-order valence-corrected chi connectivity index (χ0v) is 10.8. The van der Waals surface area contributed by atoms with Crippen LogP contribution < -0.4 is 5.32 Å². The normalized spacial score (nSPS) is 12.5. The van der Waals surface area contributed by atoms with Gasteiger partial charge in [-0.2, -0.15) is 0 Å². The Hall–Kier alpha value is -1.18. The highest BCUT2D eigenvalue weighted by Crippen LogP contribution is 2.28. The molecule has 16 heavy (non-hydrogen) atoms. The molecule has 2 N–H and O–H groups in total. The molecule has 0 aliphatic heterocycles. The SMILES string of the molecule is CCCC(C)CNc1ccc(C)c(O)c1C. The summed E-state index contributed by atoms with van der Waals surface area (Å²) in [5.41, 5.74) is 2.93. The summed E-state index contributed by atoms with van der Waals surface area (Å²) in [5, 5.41) is 13.2. The van der Waals surface area contributed by atoms with E-state index in [1.807, 2.05) is 26.0 Å². The maximum Gasteiger partial charge on any atom is 0.123 e. The van der Waals surface area contributed by atoms with Crippen molar-refractivity contribution in [3.8, 4) is 5.75 Å². The molecule has 0 aliphatic carbocycles. The van der Waals surface area contributed by atoms with Gasteiger partial charge in [-0.1, -0.05) is 26.3 Å². The molecule has 1 aromatic carbocycles. The quantitative estimate of drug-likeness (QED) is 0.791. The predicted octanol–water partition coefficient (Wildman–Crippen LogP) is 3.86. The summed E-state index contributed by atoms with van der Waals surface area (Å²) in [6, 6.07) is 4.00. The van der Waals surface area contributed by atoms with Crippen LogP contribution >= 0.6 is 0 Å². The summed E-state index contributed by atoms with van der Waals surface area (Å²) in [7, 11) is 0. The van der Waals surface area contributed by atoms with Gasteiger partial charge in [-0.25, -0.2) is 0 Å². The van der Waals surface area contributed by atoms with Crippen LogP contribution in [0.3, 0.4) is 0 Å². The lowest BCUT2D eigenvalue weighted by Crippen LogP contribution is -2.11. The van der Waals surface area contributed by atoms with Gasteiger partial charge in [0.05, 0.1) is 0 Å². The van der Waals surface area contributed by atoms with Crippen molar-refractivity contribution in [1.82, 2.24) is 0 Å². The number of hydrogen-bond donors (Lipinski definition) is 2. The van der Waals surface area contributed by atoms with E-state index in [-0.39, 0.29) is 0 Å². The molecule has 0 heterocycles. The summed E-state index contributed by atoms with van der Waals surface area (Å²) in [4.78, 5) is 0. The first-order valence-corrected chi connectivity index (χ1v) is 6.09. The first-order valence-electron chi connectivity index (χ1n) is 6.09. The molecule has 2 nitrogen and oxygen atoms in total. The van der Waals surface area contributed by atoms with Gasteiger partial charge >= 0.3 is 0 Å². The number of benzene rings is 1. The van der Waals surface area contributed by atoms with Crippen molar-refractivity contribution in [3.05, 3.63) is 23.3 Å². The maximum atomic E-state index is 9.82. The largest absolute Gasteiger partial charge is 0.507 e. The van der Waals surface area contributed by atoms with E-state index in [2.05, 4.69) is 19.2 Å². The van der Waals surface area contributed by atoms with Gasteiger partial charge in [-0.3, -0.25) is 0 Å². The molecule has 0 aliphatic rings. The molecule has 1 rings (SSSR count). The molecular weight excluding hydrogens is 198 g/mol. The van der Waals surface area contributed by atoms with Crippen LogP contribution in [0.5, 0.6) is 5.75 Å². The average Bonchev–Trinajstić information content (AvgIpc) is 2.25. The predicted molar refractivity (Wildman–Crippen MR) is 70.1 cm³/mol. The minimum Gasteiger partial charge on any atom is -0.507 e. The molecule has 0 fully saturated rings. The number of hydrogen-bond acceptors (Lipinski definition) is 2. The Morgan fingerprint density at radius 1 is 1.31 bits per heavy atom. The highest BCUT2D eigenvalue weighted by Gasteiger charge is 2.07. The van der Waals surface area contributed by atoms with Crippen molar-refractivity contribution in [2.24, 2.45) is 5.92 Å². The van der Waals surface area contributed by atoms with Crippen LogP contribution in [0.4, 0.5) is 5.69 Å². The van der Waals surface area contributed by atoms with Crippen molar-refractivity contribution in [2.45, 2.75) is 40.5 Å². The van der Waals surface area contributed by atoms with E-state index >= 15 is 0 Å². The highest BCUT2D eigenvalue weighted by atomic mass is 16.3. The highest BCUT2D eigenvalue weighted by molar-refractivity contribution is 5.58. The minimum absolute atomic E-state index is 0.410. The Morgan fingerprint density at radius 3 is 2.62 bits per heavy atom. The Balaban J connectivity index is 2.64. The molecule has 0 aromatic heterocycles. The summed E-state index contributed by atoms with van der Waals surface area (Å²) >= 11 is 0.